The number of nitrogens with zero attached hydrogens (tertiary/aromatic N) is 3. The molecule has 3 aromatic rings. The normalized spacial score (nSPS) is 10.8. The number of rotatable bonds is 5. The van der Waals surface area contributed by atoms with Gasteiger partial charge in [-0.1, -0.05) is 59.7 Å². The van der Waals surface area contributed by atoms with Crippen molar-refractivity contribution in [2.45, 2.75) is 26.9 Å². The molecule has 5 heteroatoms. The maximum atomic E-state index is 13.2. The molecule has 0 unspecified atom stereocenters. The molecule has 0 aliphatic carbocycles. The predicted molar refractivity (Wildman–Crippen MR) is 110 cm³/mol. The Morgan fingerprint density at radius 2 is 1.37 bits per heavy atom. The van der Waals surface area contributed by atoms with Crippen molar-refractivity contribution < 1.29 is 0 Å². The Morgan fingerprint density at radius 1 is 0.778 bits per heavy atom. The fourth-order valence-electron chi connectivity index (χ4n) is 3.38. The second-order valence-corrected chi connectivity index (χ2v) is 7.17. The lowest BCUT2D eigenvalue weighted by molar-refractivity contribution is 0.609. The van der Waals surface area contributed by atoms with E-state index in [-0.39, 0.29) is 17.8 Å². The third-order valence-electron chi connectivity index (χ3n) is 4.52. The lowest BCUT2D eigenvalue weighted by Gasteiger charge is -2.20. The highest BCUT2D eigenvalue weighted by molar-refractivity contribution is 5.37. The van der Waals surface area contributed by atoms with E-state index >= 15 is 0 Å². The van der Waals surface area contributed by atoms with Gasteiger partial charge in [0, 0.05) is 20.2 Å². The van der Waals surface area contributed by atoms with Crippen LogP contribution in [-0.4, -0.2) is 23.2 Å². The van der Waals surface area contributed by atoms with E-state index in [0.29, 0.717) is 12.4 Å². The monoisotopic (exact) mass is 363 g/mol. The number of aryl methyl sites for hydroxylation is 2. The van der Waals surface area contributed by atoms with Crippen LogP contribution in [0.4, 0.5) is 5.82 Å². The summed E-state index contributed by atoms with van der Waals surface area (Å²) >= 11 is 0. The van der Waals surface area contributed by atoms with E-state index in [1.165, 1.54) is 10.6 Å². The van der Waals surface area contributed by atoms with Crippen molar-refractivity contribution in [1.29, 1.82) is 0 Å². The van der Waals surface area contributed by atoms with Gasteiger partial charge in [-0.3, -0.25) is 13.9 Å². The van der Waals surface area contributed by atoms with Gasteiger partial charge in [0.25, 0.3) is 5.56 Å². The molecular formula is C22H25N3O2. The van der Waals surface area contributed by atoms with Gasteiger partial charge < -0.3 is 4.90 Å². The molecule has 0 spiro atoms. The zero-order valence-electron chi connectivity index (χ0n) is 16.3. The van der Waals surface area contributed by atoms with Crippen molar-refractivity contribution in [3.8, 4) is 0 Å². The van der Waals surface area contributed by atoms with Gasteiger partial charge in [-0.2, -0.15) is 0 Å². The van der Waals surface area contributed by atoms with Gasteiger partial charge in [0.2, 0.25) is 0 Å². The van der Waals surface area contributed by atoms with Crippen LogP contribution >= 0.6 is 0 Å². The van der Waals surface area contributed by atoms with E-state index in [9.17, 15) is 9.59 Å². The summed E-state index contributed by atoms with van der Waals surface area (Å²) < 4.78 is 2.96. The van der Waals surface area contributed by atoms with Crippen molar-refractivity contribution in [2.75, 3.05) is 19.0 Å². The molecule has 0 saturated heterocycles. The molecule has 3 rings (SSSR count). The van der Waals surface area contributed by atoms with Crippen LogP contribution < -0.4 is 16.1 Å². The van der Waals surface area contributed by atoms with E-state index in [4.69, 9.17) is 0 Å². The standard InChI is InChI=1S/C22H25N3O2/c1-16-10-17(2)12-19(11-16)15-25-21(26)13-20(23(3)4)24(22(25)27)14-18-8-6-5-7-9-18/h5-13H,14-15H2,1-4H3. The number of hydrogen-bond donors (Lipinski definition) is 0. The van der Waals surface area contributed by atoms with Crippen LogP contribution in [0.1, 0.15) is 22.3 Å². The maximum absolute atomic E-state index is 13.2. The molecule has 0 N–H and O–H groups in total. The average molecular weight is 363 g/mol. The molecule has 1 heterocycles. The predicted octanol–water partition coefficient (Wildman–Crippen LogP) is 2.79. The molecule has 1 aromatic heterocycles. The van der Waals surface area contributed by atoms with Gasteiger partial charge in [0.1, 0.15) is 5.82 Å². The minimum absolute atomic E-state index is 0.267. The van der Waals surface area contributed by atoms with Gasteiger partial charge in [0.05, 0.1) is 13.1 Å². The summed E-state index contributed by atoms with van der Waals surface area (Å²) in [4.78, 5) is 27.7. The van der Waals surface area contributed by atoms with E-state index in [2.05, 4.69) is 6.07 Å². The van der Waals surface area contributed by atoms with Gasteiger partial charge in [-0.15, -0.1) is 0 Å². The quantitative estimate of drug-likeness (QED) is 0.700. The van der Waals surface area contributed by atoms with Crippen molar-refractivity contribution in [1.82, 2.24) is 9.13 Å². The molecule has 0 amide bonds. The van der Waals surface area contributed by atoms with Crippen LogP contribution in [0, 0.1) is 13.8 Å². The highest BCUT2D eigenvalue weighted by Crippen LogP contribution is 2.12. The summed E-state index contributed by atoms with van der Waals surface area (Å²) in [5.74, 6) is 0.602. The molecule has 0 aliphatic rings. The second-order valence-electron chi connectivity index (χ2n) is 7.17. The third kappa shape index (κ3) is 4.19. The van der Waals surface area contributed by atoms with Crippen LogP contribution in [0.5, 0.6) is 0 Å². The molecule has 0 fully saturated rings. The van der Waals surface area contributed by atoms with Crippen molar-refractivity contribution in [2.24, 2.45) is 0 Å². The number of hydrogen-bond acceptors (Lipinski definition) is 3. The molecule has 2 aromatic carbocycles. The number of benzene rings is 2. The zero-order chi connectivity index (χ0) is 19.6. The van der Waals surface area contributed by atoms with Crippen molar-refractivity contribution >= 4 is 5.82 Å². The smallest absolute Gasteiger partial charge is 0.333 e. The van der Waals surface area contributed by atoms with Crippen LogP contribution in [0.15, 0.2) is 64.2 Å². The summed E-state index contributed by atoms with van der Waals surface area (Å²) in [6.45, 7) is 4.72. The summed E-state index contributed by atoms with van der Waals surface area (Å²) in [5.41, 5.74) is 3.62. The van der Waals surface area contributed by atoms with E-state index in [1.54, 1.807) is 9.47 Å². The van der Waals surface area contributed by atoms with Crippen LogP contribution in [-0.2, 0) is 13.1 Å². The molecular weight excluding hydrogens is 338 g/mol. The van der Waals surface area contributed by atoms with Gasteiger partial charge in [0.15, 0.2) is 0 Å². The van der Waals surface area contributed by atoms with E-state index in [1.807, 2.05) is 70.4 Å². The Morgan fingerprint density at radius 3 is 1.96 bits per heavy atom. The lowest BCUT2D eigenvalue weighted by atomic mass is 10.1. The molecule has 0 radical (unpaired) electrons. The largest absolute Gasteiger partial charge is 0.364 e. The van der Waals surface area contributed by atoms with Crippen LogP contribution in [0.2, 0.25) is 0 Å². The summed E-state index contributed by atoms with van der Waals surface area (Å²) in [7, 11) is 3.67. The Hall–Kier alpha value is -3.08. The molecule has 0 atom stereocenters. The molecule has 0 saturated carbocycles. The summed E-state index contributed by atoms with van der Waals surface area (Å²) in [6, 6.07) is 17.4. The number of aromatic nitrogens is 2. The van der Waals surface area contributed by atoms with Gasteiger partial charge in [-0.25, -0.2) is 4.79 Å². The van der Waals surface area contributed by atoms with Gasteiger partial charge in [-0.05, 0) is 25.0 Å². The van der Waals surface area contributed by atoms with E-state index < -0.39 is 0 Å². The first-order valence-corrected chi connectivity index (χ1v) is 8.98. The zero-order valence-corrected chi connectivity index (χ0v) is 16.3. The Labute approximate surface area is 159 Å². The van der Waals surface area contributed by atoms with Crippen LogP contribution in [0.25, 0.3) is 0 Å². The number of anilines is 1. The summed E-state index contributed by atoms with van der Waals surface area (Å²) in [6.07, 6.45) is 0. The lowest BCUT2D eigenvalue weighted by Crippen LogP contribution is -2.42. The first kappa shape index (κ1) is 18.7. The van der Waals surface area contributed by atoms with Crippen molar-refractivity contribution in [3.63, 3.8) is 0 Å². The first-order valence-electron chi connectivity index (χ1n) is 8.98. The van der Waals surface area contributed by atoms with E-state index in [0.717, 1.165) is 22.3 Å². The molecule has 27 heavy (non-hydrogen) atoms. The third-order valence-corrected chi connectivity index (χ3v) is 4.52. The molecule has 0 bridgehead atoms. The van der Waals surface area contributed by atoms with Crippen molar-refractivity contribution in [3.05, 3.63) is 97.7 Å². The average Bonchev–Trinajstić information content (AvgIpc) is 2.60. The molecule has 140 valence electrons. The molecule has 0 aliphatic heterocycles. The van der Waals surface area contributed by atoms with Crippen LogP contribution in [0.3, 0.4) is 0 Å². The fourth-order valence-corrected chi connectivity index (χ4v) is 3.38. The Kier molecular flexibility index (Phi) is 5.31. The topological polar surface area (TPSA) is 47.2 Å². The SMILES string of the molecule is Cc1cc(C)cc(Cn2c(=O)cc(N(C)C)n(Cc3ccccc3)c2=O)c1. The summed E-state index contributed by atoms with van der Waals surface area (Å²) in [5, 5.41) is 0. The van der Waals surface area contributed by atoms with Gasteiger partial charge >= 0.3 is 5.69 Å². The highest BCUT2D eigenvalue weighted by Gasteiger charge is 2.14. The molecule has 5 nitrogen and oxygen atoms in total. The minimum atomic E-state index is -0.297. The Bertz CT molecular complexity index is 1040. The second kappa shape index (κ2) is 7.66. The first-order chi connectivity index (χ1) is 12.8. The Balaban J connectivity index is 2.11. The fraction of sp³-hybridized carbons (Fsp3) is 0.273. The maximum Gasteiger partial charge on any atom is 0.333 e. The highest BCUT2D eigenvalue weighted by atomic mass is 16.2. The minimum Gasteiger partial charge on any atom is -0.364 e.